The quantitative estimate of drug-likeness (QED) is 0.638. The number of carbonyl (C=O) groups is 2. The Morgan fingerprint density at radius 1 is 1.13 bits per heavy atom. The fourth-order valence-corrected chi connectivity index (χ4v) is 2.46. The number of rotatable bonds is 6. The molecule has 0 aliphatic heterocycles. The maximum atomic E-state index is 12.3. The first-order valence-corrected chi connectivity index (χ1v) is 8.00. The molecule has 0 bridgehead atoms. The number of hydrogen-bond acceptors (Lipinski definition) is 3. The van der Waals surface area contributed by atoms with Crippen LogP contribution in [0.1, 0.15) is 51.4 Å². The highest BCUT2D eigenvalue weighted by Gasteiger charge is 2.20. The standard InChI is InChI=1S/C17H24ClN3O2/c1-11(2)21(12(3)4)16(22)10-13(5)19-20-17(23)14-6-8-15(18)9-7-14/h6-9,11-12H,10H2,1-5H3,(H,20,23). The number of hydrogen-bond donors (Lipinski definition) is 1. The third kappa shape index (κ3) is 6.02. The first kappa shape index (κ1) is 19.2. The molecular formula is C17H24ClN3O2. The highest BCUT2D eigenvalue weighted by atomic mass is 35.5. The van der Waals surface area contributed by atoms with Crippen molar-refractivity contribution in [3.8, 4) is 0 Å². The molecule has 126 valence electrons. The summed E-state index contributed by atoms with van der Waals surface area (Å²) < 4.78 is 0. The van der Waals surface area contributed by atoms with E-state index in [9.17, 15) is 9.59 Å². The molecule has 0 aromatic heterocycles. The van der Waals surface area contributed by atoms with E-state index in [4.69, 9.17) is 11.6 Å². The molecule has 1 N–H and O–H groups in total. The van der Waals surface area contributed by atoms with Gasteiger partial charge in [-0.15, -0.1) is 0 Å². The van der Waals surface area contributed by atoms with Gasteiger partial charge in [-0.05, 0) is 58.9 Å². The van der Waals surface area contributed by atoms with Gasteiger partial charge in [0.15, 0.2) is 0 Å². The fourth-order valence-electron chi connectivity index (χ4n) is 2.33. The molecule has 23 heavy (non-hydrogen) atoms. The summed E-state index contributed by atoms with van der Waals surface area (Å²) in [6.07, 6.45) is 0.178. The Balaban J connectivity index is 2.65. The van der Waals surface area contributed by atoms with E-state index < -0.39 is 0 Å². The van der Waals surface area contributed by atoms with E-state index in [-0.39, 0.29) is 30.3 Å². The van der Waals surface area contributed by atoms with Gasteiger partial charge < -0.3 is 4.90 Å². The van der Waals surface area contributed by atoms with Crippen molar-refractivity contribution in [2.45, 2.75) is 53.1 Å². The van der Waals surface area contributed by atoms with E-state index in [0.717, 1.165) is 0 Å². The SMILES string of the molecule is CC(CC(=O)N(C(C)C)C(C)C)=NNC(=O)c1ccc(Cl)cc1. The lowest BCUT2D eigenvalue weighted by Crippen LogP contribution is -2.42. The average Bonchev–Trinajstić information content (AvgIpc) is 2.44. The number of halogens is 1. The number of nitrogens with one attached hydrogen (secondary N) is 1. The lowest BCUT2D eigenvalue weighted by molar-refractivity contribution is -0.133. The predicted molar refractivity (Wildman–Crippen MR) is 93.8 cm³/mol. The normalized spacial score (nSPS) is 11.7. The smallest absolute Gasteiger partial charge is 0.271 e. The van der Waals surface area contributed by atoms with E-state index in [1.54, 1.807) is 36.1 Å². The molecule has 0 atom stereocenters. The van der Waals surface area contributed by atoms with Crippen molar-refractivity contribution in [1.82, 2.24) is 10.3 Å². The summed E-state index contributed by atoms with van der Waals surface area (Å²) >= 11 is 5.78. The lowest BCUT2D eigenvalue weighted by Gasteiger charge is -2.30. The van der Waals surface area contributed by atoms with Gasteiger partial charge in [-0.3, -0.25) is 9.59 Å². The van der Waals surface area contributed by atoms with Crippen LogP contribution >= 0.6 is 11.6 Å². The van der Waals surface area contributed by atoms with Crippen LogP contribution in [0.25, 0.3) is 0 Å². The average molecular weight is 338 g/mol. The first-order chi connectivity index (χ1) is 10.7. The number of benzene rings is 1. The predicted octanol–water partition coefficient (Wildman–Crippen LogP) is 3.48. The molecule has 0 spiro atoms. The van der Waals surface area contributed by atoms with Crippen molar-refractivity contribution in [2.24, 2.45) is 5.10 Å². The van der Waals surface area contributed by atoms with Crippen LogP contribution in [0, 0.1) is 0 Å². The highest BCUT2D eigenvalue weighted by molar-refractivity contribution is 6.30. The zero-order chi connectivity index (χ0) is 17.6. The first-order valence-electron chi connectivity index (χ1n) is 7.62. The zero-order valence-electron chi connectivity index (χ0n) is 14.3. The molecule has 6 heteroatoms. The molecule has 1 rings (SSSR count). The van der Waals surface area contributed by atoms with E-state index >= 15 is 0 Å². The largest absolute Gasteiger partial charge is 0.338 e. The molecule has 0 saturated heterocycles. The Hall–Kier alpha value is -1.88. The summed E-state index contributed by atoms with van der Waals surface area (Å²) in [5, 5.41) is 4.56. The second-order valence-corrected chi connectivity index (χ2v) is 6.40. The second-order valence-electron chi connectivity index (χ2n) is 5.96. The maximum Gasteiger partial charge on any atom is 0.271 e. The van der Waals surface area contributed by atoms with Gasteiger partial charge in [-0.25, -0.2) is 5.43 Å². The fraction of sp³-hybridized carbons (Fsp3) is 0.471. The van der Waals surface area contributed by atoms with Crippen molar-refractivity contribution < 1.29 is 9.59 Å². The van der Waals surface area contributed by atoms with Crippen LogP contribution in [0.3, 0.4) is 0 Å². The monoisotopic (exact) mass is 337 g/mol. The zero-order valence-corrected chi connectivity index (χ0v) is 15.0. The minimum atomic E-state index is -0.335. The maximum absolute atomic E-state index is 12.3. The third-order valence-corrected chi connectivity index (χ3v) is 3.51. The lowest BCUT2D eigenvalue weighted by atomic mass is 10.2. The Morgan fingerprint density at radius 3 is 2.13 bits per heavy atom. The van der Waals surface area contributed by atoms with Crippen molar-refractivity contribution >= 4 is 29.1 Å². The topological polar surface area (TPSA) is 61.8 Å². The van der Waals surface area contributed by atoms with Crippen molar-refractivity contribution in [2.75, 3.05) is 0 Å². The van der Waals surface area contributed by atoms with Gasteiger partial charge in [0.05, 0.1) is 6.42 Å². The van der Waals surface area contributed by atoms with E-state index in [1.165, 1.54) is 0 Å². The van der Waals surface area contributed by atoms with Gasteiger partial charge in [0, 0.05) is 28.4 Å². The van der Waals surface area contributed by atoms with Gasteiger partial charge >= 0.3 is 0 Å². The number of hydrazone groups is 1. The summed E-state index contributed by atoms with van der Waals surface area (Å²) in [6.45, 7) is 9.64. The molecule has 0 aliphatic carbocycles. The van der Waals surface area contributed by atoms with Crippen molar-refractivity contribution in [3.05, 3.63) is 34.9 Å². The molecule has 0 radical (unpaired) electrons. The Kier molecular flexibility index (Phi) is 7.23. The number of nitrogens with zero attached hydrogens (tertiary/aromatic N) is 2. The van der Waals surface area contributed by atoms with E-state index in [1.807, 2.05) is 27.7 Å². The summed E-state index contributed by atoms with van der Waals surface area (Å²) in [6, 6.07) is 6.76. The molecule has 0 fully saturated rings. The van der Waals surface area contributed by atoms with Gasteiger partial charge in [0.1, 0.15) is 0 Å². The molecule has 0 heterocycles. The Labute approximate surface area is 142 Å². The molecule has 1 aromatic rings. The summed E-state index contributed by atoms with van der Waals surface area (Å²) in [5.41, 5.74) is 3.48. The van der Waals surface area contributed by atoms with Crippen LogP contribution in [-0.4, -0.2) is 34.5 Å². The Bertz CT molecular complexity index is 572. The Morgan fingerprint density at radius 2 is 1.65 bits per heavy atom. The van der Waals surface area contributed by atoms with Gasteiger partial charge in [-0.2, -0.15) is 5.10 Å². The van der Waals surface area contributed by atoms with Crippen LogP contribution < -0.4 is 5.43 Å². The summed E-state index contributed by atoms with van der Waals surface area (Å²) in [4.78, 5) is 26.1. The molecule has 0 saturated carbocycles. The van der Waals surface area contributed by atoms with E-state index in [0.29, 0.717) is 16.3 Å². The van der Waals surface area contributed by atoms with Crippen molar-refractivity contribution in [3.63, 3.8) is 0 Å². The molecule has 5 nitrogen and oxygen atoms in total. The minimum absolute atomic E-state index is 0.00279. The van der Waals surface area contributed by atoms with Gasteiger partial charge in [-0.1, -0.05) is 11.6 Å². The van der Waals surface area contributed by atoms with Crippen LogP contribution in [0.15, 0.2) is 29.4 Å². The molecule has 2 amide bonds. The second kappa shape index (κ2) is 8.67. The number of carbonyl (C=O) groups excluding carboxylic acids is 2. The molecule has 0 unspecified atom stereocenters. The van der Waals surface area contributed by atoms with Crippen LogP contribution in [0.4, 0.5) is 0 Å². The van der Waals surface area contributed by atoms with Crippen LogP contribution in [0.2, 0.25) is 5.02 Å². The molecule has 1 aromatic carbocycles. The molecular weight excluding hydrogens is 314 g/mol. The number of amides is 2. The summed E-state index contributed by atoms with van der Waals surface area (Å²) in [5.74, 6) is -0.338. The highest BCUT2D eigenvalue weighted by Crippen LogP contribution is 2.10. The molecule has 0 aliphatic rings. The van der Waals surface area contributed by atoms with E-state index in [2.05, 4.69) is 10.5 Å². The van der Waals surface area contributed by atoms with Gasteiger partial charge in [0.25, 0.3) is 5.91 Å². The van der Waals surface area contributed by atoms with Crippen molar-refractivity contribution in [1.29, 1.82) is 0 Å². The van der Waals surface area contributed by atoms with Crippen LogP contribution in [0.5, 0.6) is 0 Å². The van der Waals surface area contributed by atoms with Gasteiger partial charge in [0.2, 0.25) is 5.91 Å². The minimum Gasteiger partial charge on any atom is -0.338 e. The van der Waals surface area contributed by atoms with Crippen LogP contribution in [-0.2, 0) is 4.79 Å². The third-order valence-electron chi connectivity index (χ3n) is 3.26. The summed E-state index contributed by atoms with van der Waals surface area (Å²) in [7, 11) is 0.